The molecule has 0 amide bonds. The molecule has 17 heavy (non-hydrogen) atoms. The normalized spacial score (nSPS) is 18.4. The molecule has 0 saturated carbocycles. The number of aromatic nitrogens is 1. The molecule has 0 aliphatic carbocycles. The lowest BCUT2D eigenvalue weighted by molar-refractivity contribution is 0.281. The van der Waals surface area contributed by atoms with Gasteiger partial charge in [0.25, 0.3) is 0 Å². The Morgan fingerprint density at radius 3 is 3.35 bits per heavy atom. The molecule has 1 saturated heterocycles. The van der Waals surface area contributed by atoms with E-state index in [9.17, 15) is 0 Å². The zero-order valence-corrected chi connectivity index (χ0v) is 11.1. The van der Waals surface area contributed by atoms with Gasteiger partial charge in [0.2, 0.25) is 0 Å². The number of hydrogen-bond acceptors (Lipinski definition) is 5. The predicted octanol–water partition coefficient (Wildman–Crippen LogP) is 1.88. The molecule has 0 unspecified atom stereocenters. The van der Waals surface area contributed by atoms with E-state index >= 15 is 0 Å². The van der Waals surface area contributed by atoms with Gasteiger partial charge in [0.05, 0.1) is 5.69 Å². The van der Waals surface area contributed by atoms with Crippen LogP contribution in [0.2, 0.25) is 0 Å². The van der Waals surface area contributed by atoms with Gasteiger partial charge in [-0.3, -0.25) is 4.90 Å². The van der Waals surface area contributed by atoms with Gasteiger partial charge < -0.3 is 10.6 Å². The van der Waals surface area contributed by atoms with Crippen molar-refractivity contribution in [1.29, 1.82) is 0 Å². The van der Waals surface area contributed by atoms with E-state index in [0.717, 1.165) is 31.3 Å². The summed E-state index contributed by atoms with van der Waals surface area (Å²) >= 11 is 1.67. The maximum Gasteiger partial charge on any atom is 0.186 e. The molecule has 0 spiro atoms. The van der Waals surface area contributed by atoms with Gasteiger partial charge in [0, 0.05) is 25.0 Å². The number of nitrogens with zero attached hydrogens (tertiary/aromatic N) is 2. The van der Waals surface area contributed by atoms with E-state index in [1.807, 2.05) is 19.2 Å². The van der Waals surface area contributed by atoms with Crippen molar-refractivity contribution in [2.45, 2.75) is 19.9 Å². The van der Waals surface area contributed by atoms with Crippen molar-refractivity contribution in [3.05, 3.63) is 23.3 Å². The molecular weight excluding hydrogens is 232 g/mol. The maximum atomic E-state index is 4.57. The van der Waals surface area contributed by atoms with Crippen LogP contribution in [0.4, 0.5) is 5.13 Å². The molecule has 5 heteroatoms. The molecule has 2 heterocycles. The fraction of sp³-hybridized carbons (Fsp3) is 0.583. The molecule has 1 aliphatic rings. The second-order valence-corrected chi connectivity index (χ2v) is 5.03. The highest BCUT2D eigenvalue weighted by Gasteiger charge is 2.10. The first-order valence-electron chi connectivity index (χ1n) is 6.13. The van der Waals surface area contributed by atoms with E-state index in [0.29, 0.717) is 0 Å². The lowest BCUT2D eigenvalue weighted by atomic mass is 10.3. The monoisotopic (exact) mass is 252 g/mol. The Hall–Kier alpha value is -0.910. The summed E-state index contributed by atoms with van der Waals surface area (Å²) < 4.78 is 0. The summed E-state index contributed by atoms with van der Waals surface area (Å²) in [6.45, 7) is 7.48. The minimum absolute atomic E-state index is 0.968. The van der Waals surface area contributed by atoms with Crippen LogP contribution in [0.15, 0.2) is 17.7 Å². The van der Waals surface area contributed by atoms with Gasteiger partial charge in [-0.15, -0.1) is 11.3 Å². The Kier molecular flexibility index (Phi) is 4.97. The molecule has 1 aromatic heterocycles. The van der Waals surface area contributed by atoms with Gasteiger partial charge in [-0.2, -0.15) is 0 Å². The average molecular weight is 252 g/mol. The molecule has 0 atom stereocenters. The van der Waals surface area contributed by atoms with Crippen LogP contribution in [0.5, 0.6) is 0 Å². The first-order valence-corrected chi connectivity index (χ1v) is 7.01. The van der Waals surface area contributed by atoms with Crippen molar-refractivity contribution in [2.24, 2.45) is 0 Å². The van der Waals surface area contributed by atoms with Crippen LogP contribution in [-0.2, 0) is 6.54 Å². The highest BCUT2D eigenvalue weighted by molar-refractivity contribution is 7.13. The van der Waals surface area contributed by atoms with Crippen molar-refractivity contribution < 1.29 is 0 Å². The molecule has 1 aromatic rings. The second kappa shape index (κ2) is 6.74. The van der Waals surface area contributed by atoms with Crippen LogP contribution in [0.25, 0.3) is 0 Å². The molecule has 1 aliphatic heterocycles. The summed E-state index contributed by atoms with van der Waals surface area (Å²) in [5.74, 6) is 0. The fourth-order valence-electron chi connectivity index (χ4n) is 1.89. The van der Waals surface area contributed by atoms with Crippen LogP contribution in [0, 0.1) is 0 Å². The van der Waals surface area contributed by atoms with Gasteiger partial charge in [-0.1, -0.05) is 6.08 Å². The molecule has 94 valence electrons. The lowest BCUT2D eigenvalue weighted by Crippen LogP contribution is -2.27. The smallest absolute Gasteiger partial charge is 0.186 e. The summed E-state index contributed by atoms with van der Waals surface area (Å²) in [5, 5.41) is 9.70. The number of nitrogens with one attached hydrogen (secondary N) is 2. The van der Waals surface area contributed by atoms with E-state index in [1.165, 1.54) is 18.7 Å². The minimum Gasteiger partial charge on any atom is -0.338 e. The van der Waals surface area contributed by atoms with Crippen LogP contribution in [0.3, 0.4) is 0 Å². The topological polar surface area (TPSA) is 40.2 Å². The van der Waals surface area contributed by atoms with Crippen LogP contribution >= 0.6 is 11.3 Å². The maximum absolute atomic E-state index is 4.57. The van der Waals surface area contributed by atoms with Crippen LogP contribution in [0.1, 0.15) is 19.0 Å². The van der Waals surface area contributed by atoms with Gasteiger partial charge in [0.15, 0.2) is 5.13 Å². The Bertz CT molecular complexity index is 353. The van der Waals surface area contributed by atoms with Crippen LogP contribution < -0.4 is 10.6 Å². The highest BCUT2D eigenvalue weighted by Crippen LogP contribution is 2.17. The van der Waals surface area contributed by atoms with Crippen molar-refractivity contribution >= 4 is 16.5 Å². The molecule has 0 bridgehead atoms. The third-order valence-electron chi connectivity index (χ3n) is 2.74. The third-order valence-corrected chi connectivity index (χ3v) is 3.57. The van der Waals surface area contributed by atoms with Gasteiger partial charge in [0.1, 0.15) is 0 Å². The van der Waals surface area contributed by atoms with Crippen molar-refractivity contribution in [2.75, 3.05) is 31.5 Å². The molecule has 1 fully saturated rings. The largest absolute Gasteiger partial charge is 0.338 e. The number of allylic oxidation sites excluding steroid dienone is 1. The fourth-order valence-corrected chi connectivity index (χ4v) is 2.57. The third kappa shape index (κ3) is 4.11. The number of thiazole rings is 1. The Morgan fingerprint density at radius 2 is 2.47 bits per heavy atom. The van der Waals surface area contributed by atoms with E-state index in [-0.39, 0.29) is 0 Å². The minimum atomic E-state index is 0.968. The molecule has 0 radical (unpaired) electrons. The standard InChI is InChI=1S/C12H20N4S/c1-2-4-14-12-15-11(10-17-12)9-16-7-3-5-13-6-8-16/h2,4,10,13H,3,5-9H2,1H3,(H,14,15)/b4-2-. The molecule has 2 rings (SSSR count). The summed E-state index contributed by atoms with van der Waals surface area (Å²) in [4.78, 5) is 7.03. The summed E-state index contributed by atoms with van der Waals surface area (Å²) in [6, 6.07) is 0. The first kappa shape index (κ1) is 12.5. The summed E-state index contributed by atoms with van der Waals surface area (Å²) in [6.07, 6.45) is 5.12. The Labute approximate surface area is 107 Å². The van der Waals surface area contributed by atoms with Crippen molar-refractivity contribution in [1.82, 2.24) is 15.2 Å². The lowest BCUT2D eigenvalue weighted by Gasteiger charge is -2.17. The number of rotatable bonds is 4. The SMILES string of the molecule is C/C=C\Nc1nc(CN2CCCNCC2)cs1. The molecule has 2 N–H and O–H groups in total. The van der Waals surface area contributed by atoms with Gasteiger partial charge in [-0.05, 0) is 32.6 Å². The zero-order valence-electron chi connectivity index (χ0n) is 10.3. The van der Waals surface area contributed by atoms with E-state index in [1.54, 1.807) is 11.3 Å². The summed E-state index contributed by atoms with van der Waals surface area (Å²) in [5.41, 5.74) is 1.17. The second-order valence-electron chi connectivity index (χ2n) is 4.17. The van der Waals surface area contributed by atoms with Crippen molar-refractivity contribution in [3.8, 4) is 0 Å². The number of hydrogen-bond donors (Lipinski definition) is 2. The average Bonchev–Trinajstić information content (AvgIpc) is 2.61. The molecule has 0 aromatic carbocycles. The quantitative estimate of drug-likeness (QED) is 0.858. The Morgan fingerprint density at radius 1 is 1.53 bits per heavy atom. The number of anilines is 1. The summed E-state index contributed by atoms with van der Waals surface area (Å²) in [7, 11) is 0. The van der Waals surface area contributed by atoms with Gasteiger partial charge in [-0.25, -0.2) is 4.98 Å². The van der Waals surface area contributed by atoms with E-state index in [4.69, 9.17) is 0 Å². The van der Waals surface area contributed by atoms with E-state index in [2.05, 4.69) is 25.9 Å². The highest BCUT2D eigenvalue weighted by atomic mass is 32.1. The molecular formula is C12H20N4S. The Balaban J connectivity index is 1.86. The van der Waals surface area contributed by atoms with Crippen LogP contribution in [-0.4, -0.2) is 36.1 Å². The predicted molar refractivity (Wildman–Crippen MR) is 73.3 cm³/mol. The zero-order chi connectivity index (χ0) is 11.9. The molecule has 4 nitrogen and oxygen atoms in total. The first-order chi connectivity index (χ1) is 8.38. The van der Waals surface area contributed by atoms with Gasteiger partial charge >= 0.3 is 0 Å². The van der Waals surface area contributed by atoms with Crippen molar-refractivity contribution in [3.63, 3.8) is 0 Å². The van der Waals surface area contributed by atoms with E-state index < -0.39 is 0 Å².